The van der Waals surface area contributed by atoms with Crippen molar-refractivity contribution in [3.05, 3.63) is 70.9 Å². The molecule has 0 spiro atoms. The Morgan fingerprint density at radius 2 is 1.80 bits per heavy atom. The molecule has 2 heterocycles. The van der Waals surface area contributed by atoms with Gasteiger partial charge in [0.2, 0.25) is 0 Å². The number of halogens is 3. The Morgan fingerprint density at radius 3 is 2.43 bits per heavy atom. The Labute approximate surface area is 167 Å². The number of aryl methyl sites for hydroxylation is 1. The summed E-state index contributed by atoms with van der Waals surface area (Å²) >= 11 is 0. The first-order chi connectivity index (χ1) is 14.1. The van der Waals surface area contributed by atoms with Gasteiger partial charge in [0.25, 0.3) is 5.78 Å². The Hall–Kier alpha value is -3.89. The van der Waals surface area contributed by atoms with Crippen LogP contribution in [0, 0.1) is 13.8 Å². The molecule has 0 saturated heterocycles. The van der Waals surface area contributed by atoms with Crippen molar-refractivity contribution < 1.29 is 32.0 Å². The number of nitrogens with zero attached hydrogens (tertiary/aromatic N) is 2. The monoisotopic (exact) mass is 420 g/mol. The lowest BCUT2D eigenvalue weighted by Gasteiger charge is -2.10. The largest absolute Gasteiger partial charge is 0.459 e. The van der Waals surface area contributed by atoms with E-state index >= 15 is 0 Å². The van der Waals surface area contributed by atoms with E-state index in [1.54, 1.807) is 0 Å². The van der Waals surface area contributed by atoms with Crippen LogP contribution in [-0.2, 0) is 11.0 Å². The van der Waals surface area contributed by atoms with E-state index in [0.29, 0.717) is 0 Å². The quantitative estimate of drug-likeness (QED) is 0.384. The molecule has 0 unspecified atom stereocenters. The number of Topliss-reactive ketones (excluding diaryl/α,β-unsaturated/α-hetero) is 1. The van der Waals surface area contributed by atoms with E-state index in [-0.39, 0.29) is 28.4 Å². The summed E-state index contributed by atoms with van der Waals surface area (Å²) in [6.07, 6.45) is -3.28. The molecule has 3 rings (SSSR count). The van der Waals surface area contributed by atoms with E-state index in [1.165, 1.54) is 44.4 Å². The van der Waals surface area contributed by atoms with Crippen molar-refractivity contribution in [2.45, 2.75) is 20.0 Å². The summed E-state index contributed by atoms with van der Waals surface area (Å²) in [5.41, 5.74) is 3.43. The Bertz CT molecular complexity index is 1120. The number of amides is 2. The van der Waals surface area contributed by atoms with Crippen LogP contribution in [0.5, 0.6) is 0 Å². The highest BCUT2D eigenvalue weighted by atomic mass is 19.4. The van der Waals surface area contributed by atoms with Crippen molar-refractivity contribution >= 4 is 17.6 Å². The predicted molar refractivity (Wildman–Crippen MR) is 96.7 cm³/mol. The molecule has 0 radical (unpaired) electrons. The summed E-state index contributed by atoms with van der Waals surface area (Å²) < 4.78 is 44.9. The highest BCUT2D eigenvalue weighted by Crippen LogP contribution is 2.30. The molecule has 30 heavy (non-hydrogen) atoms. The molecule has 2 amide bonds. The van der Waals surface area contributed by atoms with Crippen LogP contribution in [0.1, 0.15) is 37.9 Å². The smallest absolute Gasteiger partial charge is 0.416 e. The van der Waals surface area contributed by atoms with Crippen LogP contribution in [-0.4, -0.2) is 27.4 Å². The third kappa shape index (κ3) is 4.09. The van der Waals surface area contributed by atoms with Crippen molar-refractivity contribution in [3.63, 3.8) is 0 Å². The van der Waals surface area contributed by atoms with E-state index in [2.05, 4.69) is 5.10 Å². The average molecular weight is 420 g/mol. The Morgan fingerprint density at radius 1 is 1.07 bits per heavy atom. The van der Waals surface area contributed by atoms with Gasteiger partial charge in [-0.2, -0.15) is 18.3 Å². The number of alkyl halides is 3. The van der Waals surface area contributed by atoms with Gasteiger partial charge in [0.05, 0.1) is 34.5 Å². The first-order valence-electron chi connectivity index (χ1n) is 8.52. The van der Waals surface area contributed by atoms with Gasteiger partial charge < -0.3 is 4.42 Å². The molecule has 1 aromatic carbocycles. The maximum absolute atomic E-state index is 13.0. The van der Waals surface area contributed by atoms with Gasteiger partial charge in [-0.1, -0.05) is 6.07 Å². The van der Waals surface area contributed by atoms with Gasteiger partial charge in [-0.05, 0) is 44.2 Å². The number of ketones is 1. The summed E-state index contributed by atoms with van der Waals surface area (Å²) in [4.78, 5) is 36.5. The van der Waals surface area contributed by atoms with Crippen LogP contribution >= 0.6 is 0 Å². The fourth-order valence-corrected chi connectivity index (χ4v) is 2.79. The number of hydrogen-bond acceptors (Lipinski definition) is 5. The first-order valence-corrected chi connectivity index (χ1v) is 8.52. The van der Waals surface area contributed by atoms with Crippen LogP contribution in [0.25, 0.3) is 5.69 Å². The molecule has 3 aromatic rings. The molecule has 0 saturated carbocycles. The second kappa shape index (κ2) is 7.85. The van der Waals surface area contributed by atoms with Gasteiger partial charge in [-0.3, -0.25) is 25.2 Å². The van der Waals surface area contributed by atoms with Crippen LogP contribution in [0.2, 0.25) is 0 Å². The SMILES string of the molecule is Cc1nn(-c2cccc(C(F)(F)F)c2)c(C)c1C(=O)C(=O)NNC(=O)c1ccco1. The number of hydrazine groups is 1. The van der Waals surface area contributed by atoms with Gasteiger partial charge in [0.1, 0.15) is 0 Å². The van der Waals surface area contributed by atoms with Crippen molar-refractivity contribution in [1.82, 2.24) is 20.6 Å². The first kappa shape index (κ1) is 20.8. The molecule has 8 nitrogen and oxygen atoms in total. The number of rotatable bonds is 4. The summed E-state index contributed by atoms with van der Waals surface area (Å²) in [5, 5.41) is 4.09. The summed E-state index contributed by atoms with van der Waals surface area (Å²) in [5.74, 6) is -3.01. The van der Waals surface area contributed by atoms with Gasteiger partial charge in [0.15, 0.2) is 5.76 Å². The molecule has 11 heteroatoms. The topological polar surface area (TPSA) is 106 Å². The molecule has 156 valence electrons. The number of nitrogens with one attached hydrogen (secondary N) is 2. The molecule has 0 aliphatic carbocycles. The average Bonchev–Trinajstić information content (AvgIpc) is 3.33. The fourth-order valence-electron chi connectivity index (χ4n) is 2.79. The molecular weight excluding hydrogens is 405 g/mol. The van der Waals surface area contributed by atoms with Crippen molar-refractivity contribution in [2.24, 2.45) is 0 Å². The third-order valence-corrected chi connectivity index (χ3v) is 4.18. The second-order valence-corrected chi connectivity index (χ2v) is 6.22. The number of carbonyl (C=O) groups excluding carboxylic acids is 3. The zero-order valence-corrected chi connectivity index (χ0v) is 15.7. The van der Waals surface area contributed by atoms with Crippen LogP contribution in [0.4, 0.5) is 13.2 Å². The minimum absolute atomic E-state index is 0.0764. The zero-order chi connectivity index (χ0) is 22.1. The number of hydrogen-bond donors (Lipinski definition) is 2. The molecule has 0 fully saturated rings. The summed E-state index contributed by atoms with van der Waals surface area (Å²) in [7, 11) is 0. The summed E-state index contributed by atoms with van der Waals surface area (Å²) in [6, 6.07) is 7.24. The van der Waals surface area contributed by atoms with E-state index in [0.717, 1.165) is 16.8 Å². The number of benzene rings is 1. The number of aromatic nitrogens is 2. The molecule has 2 N–H and O–H groups in total. The Balaban J connectivity index is 1.82. The zero-order valence-electron chi connectivity index (χ0n) is 15.7. The van der Waals surface area contributed by atoms with Gasteiger partial charge in [-0.15, -0.1) is 0 Å². The molecule has 0 bridgehead atoms. The van der Waals surface area contributed by atoms with E-state index in [9.17, 15) is 27.6 Å². The predicted octanol–water partition coefficient (Wildman–Crippen LogP) is 2.74. The fraction of sp³-hybridized carbons (Fsp3) is 0.158. The highest BCUT2D eigenvalue weighted by Gasteiger charge is 2.31. The lowest BCUT2D eigenvalue weighted by Crippen LogP contribution is -2.45. The molecular formula is C19H15F3N4O4. The van der Waals surface area contributed by atoms with Gasteiger partial charge >= 0.3 is 18.0 Å². The standard InChI is InChI=1S/C19H15F3N4O4/c1-10-15(16(27)18(29)24-23-17(28)14-7-4-8-30-14)11(2)26(25-10)13-6-3-5-12(9-13)19(20,21)22/h3-9H,1-2H3,(H,23,28)(H,24,29). The van der Waals surface area contributed by atoms with Crippen LogP contribution in [0.15, 0.2) is 47.1 Å². The van der Waals surface area contributed by atoms with Crippen LogP contribution in [0.3, 0.4) is 0 Å². The minimum Gasteiger partial charge on any atom is -0.459 e. The van der Waals surface area contributed by atoms with Crippen molar-refractivity contribution in [3.8, 4) is 5.69 Å². The molecule has 0 aliphatic rings. The highest BCUT2D eigenvalue weighted by molar-refractivity contribution is 6.43. The second-order valence-electron chi connectivity index (χ2n) is 6.22. The maximum atomic E-state index is 13.0. The summed E-state index contributed by atoms with van der Waals surface area (Å²) in [6.45, 7) is 2.89. The van der Waals surface area contributed by atoms with E-state index in [4.69, 9.17) is 4.42 Å². The number of carbonyl (C=O) groups is 3. The van der Waals surface area contributed by atoms with Crippen molar-refractivity contribution in [1.29, 1.82) is 0 Å². The van der Waals surface area contributed by atoms with E-state index in [1.807, 2.05) is 10.9 Å². The molecule has 0 atom stereocenters. The Kier molecular flexibility index (Phi) is 5.45. The van der Waals surface area contributed by atoms with Gasteiger partial charge in [0, 0.05) is 0 Å². The normalized spacial score (nSPS) is 11.2. The molecule has 0 aliphatic heterocycles. The molecule has 2 aromatic heterocycles. The lowest BCUT2D eigenvalue weighted by molar-refractivity contribution is -0.137. The minimum atomic E-state index is -4.54. The lowest BCUT2D eigenvalue weighted by atomic mass is 10.1. The van der Waals surface area contributed by atoms with Crippen LogP contribution < -0.4 is 10.9 Å². The van der Waals surface area contributed by atoms with E-state index < -0.39 is 29.3 Å². The maximum Gasteiger partial charge on any atom is 0.416 e. The third-order valence-electron chi connectivity index (χ3n) is 4.18. The van der Waals surface area contributed by atoms with Gasteiger partial charge in [-0.25, -0.2) is 4.68 Å². The van der Waals surface area contributed by atoms with Crippen molar-refractivity contribution in [2.75, 3.05) is 0 Å². The number of furan rings is 1.